The van der Waals surface area contributed by atoms with Gasteiger partial charge in [0.15, 0.2) is 0 Å². The lowest BCUT2D eigenvalue weighted by Gasteiger charge is -2.23. The minimum absolute atomic E-state index is 0.0416. The van der Waals surface area contributed by atoms with Crippen molar-refractivity contribution in [2.45, 2.75) is 19.4 Å². The van der Waals surface area contributed by atoms with Gasteiger partial charge in [-0.1, -0.05) is 18.2 Å². The smallest absolute Gasteiger partial charge is 0.270 e. The third-order valence-corrected chi connectivity index (χ3v) is 4.76. The molecule has 0 aliphatic carbocycles. The van der Waals surface area contributed by atoms with E-state index in [0.717, 1.165) is 17.7 Å². The molecule has 1 heterocycles. The Hall–Kier alpha value is -1.96. The zero-order valence-electron chi connectivity index (χ0n) is 11.8. The molecule has 0 saturated carbocycles. The number of hydrogen-bond acceptors (Lipinski definition) is 3. The molecule has 0 spiro atoms. The molecule has 1 atom stereocenters. The Labute approximate surface area is 141 Å². The molecule has 0 radical (unpaired) electrons. The average molecular weight is 408 g/mol. The van der Waals surface area contributed by atoms with Crippen molar-refractivity contribution in [3.8, 4) is 0 Å². The largest absolute Gasteiger partial charge is 0.305 e. The van der Waals surface area contributed by atoms with Crippen LogP contribution < -0.4 is 4.90 Å². The number of amides is 1. The number of fused-ring (bicyclic) bond motifs is 1. The summed E-state index contributed by atoms with van der Waals surface area (Å²) in [5, 5.41) is 10.9. The van der Waals surface area contributed by atoms with Crippen LogP contribution in [0, 0.1) is 13.7 Å². The van der Waals surface area contributed by atoms with Gasteiger partial charge in [0, 0.05) is 27.4 Å². The van der Waals surface area contributed by atoms with Gasteiger partial charge in [-0.3, -0.25) is 14.9 Å². The second-order valence-corrected chi connectivity index (χ2v) is 6.44. The molecule has 0 bridgehead atoms. The Kier molecular flexibility index (Phi) is 3.86. The Morgan fingerprint density at radius 3 is 2.77 bits per heavy atom. The Morgan fingerprint density at radius 2 is 2.05 bits per heavy atom. The molecule has 1 aliphatic rings. The number of hydrogen-bond donors (Lipinski definition) is 0. The van der Waals surface area contributed by atoms with Crippen LogP contribution in [0.1, 0.15) is 22.8 Å². The van der Waals surface area contributed by atoms with Crippen LogP contribution >= 0.6 is 22.6 Å². The summed E-state index contributed by atoms with van der Waals surface area (Å²) < 4.78 is 0.713. The van der Waals surface area contributed by atoms with Gasteiger partial charge in [-0.15, -0.1) is 0 Å². The number of carbonyl (C=O) groups excluding carboxylic acids is 1. The lowest BCUT2D eigenvalue weighted by atomic mass is 10.1. The zero-order valence-corrected chi connectivity index (χ0v) is 14.0. The molecular formula is C16H13IN2O3. The van der Waals surface area contributed by atoms with E-state index in [1.54, 1.807) is 11.0 Å². The van der Waals surface area contributed by atoms with Crippen molar-refractivity contribution in [1.82, 2.24) is 0 Å². The third kappa shape index (κ3) is 2.47. The van der Waals surface area contributed by atoms with Crippen LogP contribution in [0.3, 0.4) is 0 Å². The van der Waals surface area contributed by atoms with E-state index < -0.39 is 4.92 Å². The molecule has 0 aromatic heterocycles. The second-order valence-electron chi connectivity index (χ2n) is 5.28. The van der Waals surface area contributed by atoms with Crippen LogP contribution in [-0.2, 0) is 6.42 Å². The minimum atomic E-state index is -0.478. The monoisotopic (exact) mass is 408 g/mol. The number of carbonyl (C=O) groups is 1. The van der Waals surface area contributed by atoms with E-state index in [2.05, 4.69) is 0 Å². The molecule has 112 valence electrons. The maximum Gasteiger partial charge on any atom is 0.270 e. The zero-order chi connectivity index (χ0) is 15.9. The van der Waals surface area contributed by atoms with Gasteiger partial charge in [0.2, 0.25) is 0 Å². The summed E-state index contributed by atoms with van der Waals surface area (Å²) in [6, 6.07) is 12.2. The summed E-state index contributed by atoms with van der Waals surface area (Å²) in [4.78, 5) is 25.1. The second kappa shape index (κ2) is 5.68. The van der Waals surface area contributed by atoms with Crippen molar-refractivity contribution in [2.75, 3.05) is 4.90 Å². The first-order chi connectivity index (χ1) is 10.5. The third-order valence-electron chi connectivity index (χ3n) is 3.82. The van der Waals surface area contributed by atoms with Crippen molar-refractivity contribution in [3.05, 3.63) is 67.3 Å². The van der Waals surface area contributed by atoms with Crippen molar-refractivity contribution in [3.63, 3.8) is 0 Å². The first-order valence-electron chi connectivity index (χ1n) is 6.84. The summed E-state index contributed by atoms with van der Waals surface area (Å²) in [6.07, 6.45) is 0.799. The summed E-state index contributed by atoms with van der Waals surface area (Å²) in [7, 11) is 0. The molecule has 2 aromatic carbocycles. The van der Waals surface area contributed by atoms with E-state index in [1.165, 1.54) is 12.1 Å². The van der Waals surface area contributed by atoms with Crippen molar-refractivity contribution >= 4 is 39.9 Å². The predicted octanol–water partition coefficient (Wildman–Crippen LogP) is 3.79. The van der Waals surface area contributed by atoms with Crippen molar-refractivity contribution in [1.29, 1.82) is 0 Å². The van der Waals surface area contributed by atoms with Crippen LogP contribution in [0.15, 0.2) is 42.5 Å². The van der Waals surface area contributed by atoms with E-state index in [4.69, 9.17) is 0 Å². The SMILES string of the molecule is CC1Cc2ccccc2N1C(=O)c1cc([N+](=O)[O-])ccc1I. The Morgan fingerprint density at radius 1 is 1.32 bits per heavy atom. The number of anilines is 1. The minimum Gasteiger partial charge on any atom is -0.305 e. The van der Waals surface area contributed by atoms with Crippen LogP contribution in [0.4, 0.5) is 11.4 Å². The fourth-order valence-electron chi connectivity index (χ4n) is 2.80. The molecular weight excluding hydrogens is 395 g/mol. The van der Waals surface area contributed by atoms with E-state index in [9.17, 15) is 14.9 Å². The van der Waals surface area contributed by atoms with Crippen molar-refractivity contribution in [2.24, 2.45) is 0 Å². The van der Waals surface area contributed by atoms with Gasteiger partial charge in [0.1, 0.15) is 0 Å². The van der Waals surface area contributed by atoms with Crippen molar-refractivity contribution < 1.29 is 9.72 Å². The molecule has 1 aliphatic heterocycles. The number of non-ortho nitro benzene ring substituents is 1. The summed E-state index contributed by atoms with van der Waals surface area (Å²) in [5.74, 6) is -0.189. The highest BCUT2D eigenvalue weighted by molar-refractivity contribution is 14.1. The molecule has 0 N–H and O–H groups in total. The normalized spacial score (nSPS) is 16.5. The van der Waals surface area contributed by atoms with Crippen LogP contribution in [0.25, 0.3) is 0 Å². The maximum atomic E-state index is 12.9. The molecule has 1 unspecified atom stereocenters. The number of halogens is 1. The van der Waals surface area contributed by atoms with Gasteiger partial charge in [-0.05, 0) is 53.6 Å². The van der Waals surface area contributed by atoms with E-state index in [0.29, 0.717) is 9.13 Å². The lowest BCUT2D eigenvalue weighted by Crippen LogP contribution is -2.36. The Bertz CT molecular complexity index is 776. The molecule has 2 aromatic rings. The summed E-state index contributed by atoms with van der Waals surface area (Å²) >= 11 is 2.04. The number of nitro groups is 1. The van der Waals surface area contributed by atoms with E-state index >= 15 is 0 Å². The quantitative estimate of drug-likeness (QED) is 0.432. The first-order valence-corrected chi connectivity index (χ1v) is 7.92. The molecule has 1 amide bonds. The van der Waals surface area contributed by atoms with Gasteiger partial charge in [0.25, 0.3) is 11.6 Å². The highest BCUT2D eigenvalue weighted by Gasteiger charge is 2.32. The van der Waals surface area contributed by atoms with Gasteiger partial charge in [-0.2, -0.15) is 0 Å². The van der Waals surface area contributed by atoms with Crippen LogP contribution in [0.5, 0.6) is 0 Å². The maximum absolute atomic E-state index is 12.9. The van der Waals surface area contributed by atoms with Gasteiger partial charge in [0.05, 0.1) is 10.5 Å². The van der Waals surface area contributed by atoms with E-state index in [-0.39, 0.29) is 17.6 Å². The van der Waals surface area contributed by atoms with Gasteiger partial charge in [-0.25, -0.2) is 0 Å². The first kappa shape index (κ1) is 15.0. The summed E-state index contributed by atoms with van der Waals surface area (Å²) in [6.45, 7) is 1.99. The number of benzene rings is 2. The van der Waals surface area contributed by atoms with Gasteiger partial charge < -0.3 is 4.90 Å². The average Bonchev–Trinajstić information content (AvgIpc) is 2.82. The number of nitrogens with zero attached hydrogens (tertiary/aromatic N) is 2. The molecule has 0 fully saturated rings. The summed E-state index contributed by atoms with van der Waals surface area (Å²) in [5.41, 5.74) is 2.33. The standard InChI is InChI=1S/C16H13IN2O3/c1-10-8-11-4-2-3-5-15(11)18(10)16(20)13-9-12(19(21)22)6-7-14(13)17/h2-7,9-10H,8H2,1H3. The molecule has 22 heavy (non-hydrogen) atoms. The molecule has 0 saturated heterocycles. The fourth-order valence-corrected chi connectivity index (χ4v) is 3.36. The number of nitro benzene ring substituents is 1. The highest BCUT2D eigenvalue weighted by Crippen LogP contribution is 2.34. The molecule has 5 nitrogen and oxygen atoms in total. The van der Waals surface area contributed by atoms with Crippen LogP contribution in [-0.4, -0.2) is 16.9 Å². The highest BCUT2D eigenvalue weighted by atomic mass is 127. The van der Waals surface area contributed by atoms with Crippen LogP contribution in [0.2, 0.25) is 0 Å². The topological polar surface area (TPSA) is 63.5 Å². The predicted molar refractivity (Wildman–Crippen MR) is 92.2 cm³/mol. The van der Waals surface area contributed by atoms with E-state index in [1.807, 2.05) is 53.8 Å². The lowest BCUT2D eigenvalue weighted by molar-refractivity contribution is -0.384. The molecule has 6 heteroatoms. The Balaban J connectivity index is 2.05. The number of rotatable bonds is 2. The molecule has 3 rings (SSSR count). The number of para-hydroxylation sites is 1. The van der Waals surface area contributed by atoms with Gasteiger partial charge >= 0.3 is 0 Å². The fraction of sp³-hybridized carbons (Fsp3) is 0.188.